The lowest BCUT2D eigenvalue weighted by molar-refractivity contribution is 0.122. The number of nitrogens with one attached hydrogen (secondary N) is 2. The van der Waals surface area contributed by atoms with Gasteiger partial charge < -0.3 is 9.64 Å². The van der Waals surface area contributed by atoms with Crippen molar-refractivity contribution in [3.8, 4) is 0 Å². The molecule has 35 heavy (non-hydrogen) atoms. The van der Waals surface area contributed by atoms with Crippen molar-refractivity contribution in [3.05, 3.63) is 58.0 Å². The van der Waals surface area contributed by atoms with E-state index in [4.69, 9.17) is 9.72 Å². The first-order valence-corrected chi connectivity index (χ1v) is 12.9. The van der Waals surface area contributed by atoms with Gasteiger partial charge in [-0.15, -0.1) is 0 Å². The highest BCUT2D eigenvalue weighted by Gasteiger charge is 2.37. The number of ether oxygens (including phenoxy) is 1. The number of morpholine rings is 1. The number of H-pyrrole nitrogens is 1. The highest BCUT2D eigenvalue weighted by atomic mass is 32.2. The molecule has 12 heteroatoms. The summed E-state index contributed by atoms with van der Waals surface area (Å²) in [6.45, 7) is 8.28. The summed E-state index contributed by atoms with van der Waals surface area (Å²) in [5.74, 6) is 1.04. The lowest BCUT2D eigenvalue weighted by Crippen LogP contribution is -2.37. The quantitative estimate of drug-likeness (QED) is 0.392. The van der Waals surface area contributed by atoms with Crippen molar-refractivity contribution >= 4 is 28.0 Å². The van der Waals surface area contributed by atoms with Gasteiger partial charge in [-0.2, -0.15) is 19.5 Å². The van der Waals surface area contributed by atoms with Gasteiger partial charge in [0.25, 0.3) is 0 Å². The van der Waals surface area contributed by atoms with E-state index in [1.165, 1.54) is 4.31 Å². The molecule has 2 aliphatic heterocycles. The molecule has 1 saturated heterocycles. The number of aromatic nitrogens is 4. The molecule has 0 spiro atoms. The lowest BCUT2D eigenvalue weighted by Gasteiger charge is -2.29. The van der Waals surface area contributed by atoms with E-state index >= 15 is 0 Å². The molecule has 184 valence electrons. The number of hydrogen-bond donors (Lipinski definition) is 2. The Morgan fingerprint density at radius 2 is 1.94 bits per heavy atom. The average Bonchev–Trinajstić information content (AvgIpc) is 3.43. The van der Waals surface area contributed by atoms with Crippen molar-refractivity contribution in [2.75, 3.05) is 36.6 Å². The molecule has 2 N–H and O–H groups in total. The normalized spacial score (nSPS) is 16.7. The number of fused-ring (bicyclic) bond motifs is 1. The summed E-state index contributed by atoms with van der Waals surface area (Å²) < 4.78 is 33.9. The summed E-state index contributed by atoms with van der Waals surface area (Å²) in [6.07, 6.45) is 1.71. The number of hydrazone groups is 1. The van der Waals surface area contributed by atoms with E-state index in [1.807, 2.05) is 31.2 Å². The second-order valence-corrected chi connectivity index (χ2v) is 10.6. The number of benzene rings is 1. The van der Waals surface area contributed by atoms with Crippen LogP contribution in [0.4, 0.5) is 11.8 Å². The van der Waals surface area contributed by atoms with Gasteiger partial charge in [0.2, 0.25) is 16.0 Å². The van der Waals surface area contributed by atoms with Crippen molar-refractivity contribution in [1.82, 2.24) is 24.5 Å². The van der Waals surface area contributed by atoms with Crippen LogP contribution in [0.25, 0.3) is 0 Å². The molecule has 1 fully saturated rings. The van der Waals surface area contributed by atoms with Crippen molar-refractivity contribution in [2.45, 2.75) is 38.8 Å². The Bertz CT molecular complexity index is 1360. The van der Waals surface area contributed by atoms with Crippen LogP contribution in [0.3, 0.4) is 0 Å². The maximum atomic E-state index is 13.5. The Morgan fingerprint density at radius 1 is 1.14 bits per heavy atom. The van der Waals surface area contributed by atoms with E-state index in [0.29, 0.717) is 55.2 Å². The molecular weight excluding hydrogens is 468 g/mol. The van der Waals surface area contributed by atoms with E-state index in [2.05, 4.69) is 30.6 Å². The van der Waals surface area contributed by atoms with E-state index in [-0.39, 0.29) is 18.0 Å². The molecule has 5 rings (SSSR count). The van der Waals surface area contributed by atoms with Crippen LogP contribution in [-0.2, 0) is 27.8 Å². The third kappa shape index (κ3) is 4.64. The molecule has 0 bridgehead atoms. The summed E-state index contributed by atoms with van der Waals surface area (Å²) >= 11 is 0. The maximum Gasteiger partial charge on any atom is 0.247 e. The van der Waals surface area contributed by atoms with Crippen molar-refractivity contribution in [2.24, 2.45) is 5.10 Å². The summed E-state index contributed by atoms with van der Waals surface area (Å²) in [6, 6.07) is 7.98. The van der Waals surface area contributed by atoms with E-state index in [1.54, 1.807) is 20.1 Å². The zero-order valence-corrected chi connectivity index (χ0v) is 20.8. The van der Waals surface area contributed by atoms with Crippen molar-refractivity contribution in [3.63, 3.8) is 0 Å². The first-order chi connectivity index (χ1) is 16.8. The first kappa shape index (κ1) is 23.4. The molecule has 0 amide bonds. The van der Waals surface area contributed by atoms with Gasteiger partial charge in [0.1, 0.15) is 10.7 Å². The van der Waals surface area contributed by atoms with Crippen LogP contribution in [0.2, 0.25) is 0 Å². The maximum absolute atomic E-state index is 13.5. The van der Waals surface area contributed by atoms with Crippen LogP contribution >= 0.6 is 0 Å². The molecule has 0 atom stereocenters. The zero-order valence-electron chi connectivity index (χ0n) is 19.9. The Labute approximate surface area is 204 Å². The second-order valence-electron chi connectivity index (χ2n) is 8.72. The molecule has 3 aromatic rings. The molecule has 1 aromatic carbocycles. The summed E-state index contributed by atoms with van der Waals surface area (Å²) in [7, 11) is -3.76. The zero-order chi connectivity index (χ0) is 24.6. The molecule has 0 unspecified atom stereocenters. The summed E-state index contributed by atoms with van der Waals surface area (Å²) in [4.78, 5) is 11.7. The average molecular weight is 497 g/mol. The van der Waals surface area contributed by atoms with Crippen LogP contribution in [0.5, 0.6) is 0 Å². The molecule has 2 aromatic heterocycles. The van der Waals surface area contributed by atoms with Gasteiger partial charge in [-0.1, -0.05) is 29.8 Å². The Hall–Kier alpha value is -3.35. The third-order valence-corrected chi connectivity index (χ3v) is 8.18. The lowest BCUT2D eigenvalue weighted by atomic mass is 10.2. The first-order valence-electron chi connectivity index (χ1n) is 11.4. The van der Waals surface area contributed by atoms with Gasteiger partial charge in [0, 0.05) is 25.2 Å². The van der Waals surface area contributed by atoms with Gasteiger partial charge in [-0.3, -0.25) is 5.10 Å². The van der Waals surface area contributed by atoms with Crippen LogP contribution < -0.4 is 10.3 Å². The topological polar surface area (TPSA) is 129 Å². The third-order valence-electron chi connectivity index (χ3n) is 6.12. The van der Waals surface area contributed by atoms with E-state index < -0.39 is 10.0 Å². The van der Waals surface area contributed by atoms with Crippen molar-refractivity contribution < 1.29 is 13.2 Å². The van der Waals surface area contributed by atoms with Crippen LogP contribution in [0.1, 0.15) is 33.8 Å². The Balaban J connectivity index is 1.46. The molecule has 11 nitrogen and oxygen atoms in total. The van der Waals surface area contributed by atoms with Gasteiger partial charge >= 0.3 is 0 Å². The van der Waals surface area contributed by atoms with Crippen LogP contribution in [-0.4, -0.2) is 65.4 Å². The number of rotatable bonds is 6. The SMILES string of the molecule is Cc1cccc(/C=N/Nc2nc3c(c(N4CCOCC4)n2)CN(S(=O)(=O)c2c(C)n[nH]c2C)C3)c1. The minimum absolute atomic E-state index is 0.151. The molecule has 4 heterocycles. The molecular formula is C23H28N8O3S. The van der Waals surface area contributed by atoms with Crippen molar-refractivity contribution in [1.29, 1.82) is 0 Å². The van der Waals surface area contributed by atoms with Gasteiger partial charge in [0.05, 0.1) is 43.1 Å². The van der Waals surface area contributed by atoms with Gasteiger partial charge in [-0.25, -0.2) is 18.8 Å². The summed E-state index contributed by atoms with van der Waals surface area (Å²) in [5, 5.41) is 11.1. The highest BCUT2D eigenvalue weighted by Crippen LogP contribution is 2.35. The highest BCUT2D eigenvalue weighted by molar-refractivity contribution is 7.89. The van der Waals surface area contributed by atoms with Crippen LogP contribution in [0.15, 0.2) is 34.3 Å². The number of aryl methyl sites for hydroxylation is 3. The molecule has 2 aliphatic rings. The fraction of sp³-hybridized carbons (Fsp3) is 0.391. The monoisotopic (exact) mass is 496 g/mol. The fourth-order valence-electron chi connectivity index (χ4n) is 4.43. The number of sulfonamides is 1. The molecule has 0 radical (unpaired) electrons. The largest absolute Gasteiger partial charge is 0.378 e. The smallest absolute Gasteiger partial charge is 0.247 e. The van der Waals surface area contributed by atoms with E-state index in [9.17, 15) is 8.42 Å². The minimum atomic E-state index is -3.76. The number of anilines is 2. The fourth-order valence-corrected chi connectivity index (χ4v) is 6.13. The molecule has 0 saturated carbocycles. The second kappa shape index (κ2) is 9.36. The number of nitrogens with zero attached hydrogens (tertiary/aromatic N) is 6. The molecule has 0 aliphatic carbocycles. The van der Waals surface area contributed by atoms with Gasteiger partial charge in [-0.05, 0) is 26.3 Å². The number of aromatic amines is 1. The van der Waals surface area contributed by atoms with E-state index in [0.717, 1.165) is 16.7 Å². The minimum Gasteiger partial charge on any atom is -0.378 e. The summed E-state index contributed by atoms with van der Waals surface area (Å²) in [5.41, 5.74) is 7.46. The standard InChI is InChI=1S/C23H28N8O3S/c1-15-5-4-6-18(11-15)12-24-29-23-25-20-14-31(35(32,33)21-16(2)27-28-17(21)3)13-19(20)22(26-23)30-7-9-34-10-8-30/h4-6,11-12H,7-10,13-14H2,1-3H3,(H,27,28)(H,25,26,29)/b24-12+. The van der Waals surface area contributed by atoms with Gasteiger partial charge in [0.15, 0.2) is 0 Å². The number of hydrogen-bond acceptors (Lipinski definition) is 9. The predicted molar refractivity (Wildman–Crippen MR) is 132 cm³/mol. The Kier molecular flexibility index (Phi) is 6.26. The van der Waals surface area contributed by atoms with Crippen LogP contribution in [0, 0.1) is 20.8 Å². The Morgan fingerprint density at radius 3 is 2.66 bits per heavy atom. The predicted octanol–water partition coefficient (Wildman–Crippen LogP) is 2.11.